The monoisotopic (exact) mass is 468 g/mol. The number of carbonyl (C=O) groups excluding carboxylic acids is 2. The van der Waals surface area contributed by atoms with Crippen LogP contribution >= 0.6 is 0 Å². The highest BCUT2D eigenvalue weighted by Gasteiger charge is 2.58. The van der Waals surface area contributed by atoms with E-state index in [0.29, 0.717) is 0 Å². The van der Waals surface area contributed by atoms with Gasteiger partial charge in [0, 0.05) is 12.3 Å². The predicted octanol–water partition coefficient (Wildman–Crippen LogP) is 2.24. The molecule has 2 aromatic carbocycles. The topological polar surface area (TPSA) is 117 Å². The van der Waals surface area contributed by atoms with Crippen LogP contribution in [0, 0.1) is 0 Å². The fourth-order valence-corrected chi connectivity index (χ4v) is 3.71. The zero-order chi connectivity index (χ0) is 24.3. The number of hydrogen-bond donors (Lipinski definition) is 1. The van der Waals surface area contributed by atoms with Gasteiger partial charge in [-0.2, -0.15) is 0 Å². The Labute approximate surface area is 192 Å². The molecular weight excluding hydrogens is 447 g/mol. The van der Waals surface area contributed by atoms with Crippen LogP contribution in [0.2, 0.25) is 0 Å². The molecule has 2 heterocycles. The average Bonchev–Trinajstić information content (AvgIpc) is 3.08. The number of rotatable bonds is 6. The molecule has 1 unspecified atom stereocenters. The van der Waals surface area contributed by atoms with Crippen molar-refractivity contribution in [3.05, 3.63) is 105 Å². The van der Waals surface area contributed by atoms with Crippen molar-refractivity contribution >= 4 is 11.9 Å². The molecule has 0 amide bonds. The van der Waals surface area contributed by atoms with Crippen molar-refractivity contribution in [2.24, 2.45) is 0 Å². The molecule has 1 aliphatic rings. The first-order valence-electron chi connectivity index (χ1n) is 10.4. The number of H-pyrrole nitrogens is 1. The van der Waals surface area contributed by atoms with Gasteiger partial charge < -0.3 is 14.2 Å². The summed E-state index contributed by atoms with van der Waals surface area (Å²) in [6, 6.07) is 17.1. The van der Waals surface area contributed by atoms with Crippen LogP contribution in [0.25, 0.3) is 0 Å². The van der Waals surface area contributed by atoms with E-state index >= 15 is 4.39 Å². The summed E-state index contributed by atoms with van der Waals surface area (Å²) in [6.45, 7) is 0.658. The second kappa shape index (κ2) is 9.44. The molecule has 1 aliphatic heterocycles. The zero-order valence-electron chi connectivity index (χ0n) is 18.1. The summed E-state index contributed by atoms with van der Waals surface area (Å²) in [5.41, 5.74) is -3.54. The van der Waals surface area contributed by atoms with Gasteiger partial charge in [-0.3, -0.25) is 14.3 Å². The van der Waals surface area contributed by atoms with Gasteiger partial charge in [-0.15, -0.1) is 0 Å². The minimum absolute atomic E-state index is 0.183. The van der Waals surface area contributed by atoms with Crippen LogP contribution in [0.15, 0.2) is 82.5 Å². The molecule has 0 saturated carbocycles. The Kier molecular flexibility index (Phi) is 6.42. The summed E-state index contributed by atoms with van der Waals surface area (Å²) < 4.78 is 33.4. The van der Waals surface area contributed by atoms with E-state index in [1.165, 1.54) is 12.1 Å². The summed E-state index contributed by atoms with van der Waals surface area (Å²) in [6.07, 6.45) is -3.25. The maximum Gasteiger partial charge on any atom is 0.338 e. The fourth-order valence-electron chi connectivity index (χ4n) is 3.71. The van der Waals surface area contributed by atoms with Crippen molar-refractivity contribution in [1.29, 1.82) is 0 Å². The van der Waals surface area contributed by atoms with Crippen LogP contribution < -0.4 is 11.2 Å². The maximum atomic E-state index is 16.1. The number of halogens is 1. The van der Waals surface area contributed by atoms with Gasteiger partial charge in [0.05, 0.1) is 11.1 Å². The Morgan fingerprint density at radius 2 is 1.59 bits per heavy atom. The van der Waals surface area contributed by atoms with Gasteiger partial charge in [-0.25, -0.2) is 18.8 Å². The molecular formula is C24H21FN2O7. The van der Waals surface area contributed by atoms with Crippen molar-refractivity contribution < 1.29 is 28.2 Å². The number of nitrogens with zero attached hydrogens (tertiary/aromatic N) is 1. The number of hydrogen-bond acceptors (Lipinski definition) is 7. The van der Waals surface area contributed by atoms with Crippen molar-refractivity contribution in [2.45, 2.75) is 31.0 Å². The first-order chi connectivity index (χ1) is 16.3. The number of alkyl halides is 1. The summed E-state index contributed by atoms with van der Waals surface area (Å²) >= 11 is 0. The first-order valence-corrected chi connectivity index (χ1v) is 10.4. The van der Waals surface area contributed by atoms with Crippen molar-refractivity contribution in [3.8, 4) is 0 Å². The summed E-state index contributed by atoms with van der Waals surface area (Å²) in [5.74, 6) is -1.49. The minimum atomic E-state index is -2.42. The molecule has 1 N–H and O–H groups in total. The number of aromatic amines is 1. The second-order valence-electron chi connectivity index (χ2n) is 7.85. The van der Waals surface area contributed by atoms with E-state index in [-0.39, 0.29) is 11.1 Å². The normalized spacial score (nSPS) is 23.9. The average molecular weight is 468 g/mol. The van der Waals surface area contributed by atoms with Crippen molar-refractivity contribution in [2.75, 3.05) is 6.61 Å². The lowest BCUT2D eigenvalue weighted by Gasteiger charge is -2.27. The Morgan fingerprint density at radius 3 is 2.18 bits per heavy atom. The van der Waals surface area contributed by atoms with E-state index in [1.54, 1.807) is 48.5 Å². The van der Waals surface area contributed by atoms with Gasteiger partial charge in [-0.1, -0.05) is 36.4 Å². The lowest BCUT2D eigenvalue weighted by atomic mass is 9.98. The molecule has 176 valence electrons. The molecule has 9 nitrogen and oxygen atoms in total. The second-order valence-corrected chi connectivity index (χ2v) is 7.85. The number of nitrogens with one attached hydrogen (secondary N) is 1. The lowest BCUT2D eigenvalue weighted by Crippen LogP contribution is -2.46. The Hall–Kier alpha value is -4.05. The van der Waals surface area contributed by atoms with E-state index < -0.39 is 53.9 Å². The van der Waals surface area contributed by atoms with Gasteiger partial charge >= 0.3 is 17.6 Å². The van der Waals surface area contributed by atoms with Gasteiger partial charge in [0.15, 0.2) is 18.0 Å². The predicted molar refractivity (Wildman–Crippen MR) is 117 cm³/mol. The minimum Gasteiger partial charge on any atom is -0.459 e. The van der Waals surface area contributed by atoms with E-state index in [9.17, 15) is 19.2 Å². The molecule has 0 aliphatic carbocycles. The van der Waals surface area contributed by atoms with Crippen LogP contribution in [0.1, 0.15) is 33.9 Å². The van der Waals surface area contributed by atoms with Crippen molar-refractivity contribution in [1.82, 2.24) is 9.55 Å². The Bertz CT molecular complexity index is 1290. The lowest BCUT2D eigenvalue weighted by molar-refractivity contribution is -0.0649. The van der Waals surface area contributed by atoms with E-state index in [2.05, 4.69) is 0 Å². The Balaban J connectivity index is 1.62. The summed E-state index contributed by atoms with van der Waals surface area (Å²) in [7, 11) is 0. The van der Waals surface area contributed by atoms with Gasteiger partial charge in [0.2, 0.25) is 0 Å². The van der Waals surface area contributed by atoms with E-state index in [0.717, 1.165) is 23.8 Å². The van der Waals surface area contributed by atoms with Crippen molar-refractivity contribution in [3.63, 3.8) is 0 Å². The third-order valence-electron chi connectivity index (χ3n) is 5.42. The molecule has 1 fully saturated rings. The van der Waals surface area contributed by atoms with Crippen LogP contribution in [0.5, 0.6) is 0 Å². The molecule has 3 aromatic rings. The number of aromatic nitrogens is 2. The number of esters is 2. The number of benzene rings is 2. The molecule has 1 saturated heterocycles. The molecule has 34 heavy (non-hydrogen) atoms. The highest BCUT2D eigenvalue weighted by molar-refractivity contribution is 5.90. The largest absolute Gasteiger partial charge is 0.459 e. The number of carbonyl (C=O) groups is 2. The molecule has 4 rings (SSSR count). The maximum absolute atomic E-state index is 16.1. The molecule has 0 bridgehead atoms. The van der Waals surface area contributed by atoms with Crippen LogP contribution in [0.3, 0.4) is 0 Å². The standard InChI is InChI=1S/C24H21FN2O7/c1-24(25)19(34-21(30)16-10-6-3-7-11-16)17(14-32-20(29)15-8-4-2-5-9-15)33-22(24)27-13-12-18(28)26-23(27)31/h2-13,17,19,22H,14H2,1H3,(H,26,28,31)/t17?,19-,22-,24-/m1/s1. The van der Waals surface area contributed by atoms with E-state index in [4.69, 9.17) is 14.2 Å². The van der Waals surface area contributed by atoms with Crippen LogP contribution in [0.4, 0.5) is 4.39 Å². The summed E-state index contributed by atoms with van der Waals surface area (Å²) in [4.78, 5) is 50.8. The quantitative estimate of drug-likeness (QED) is 0.552. The molecule has 1 aromatic heterocycles. The number of ether oxygens (including phenoxy) is 3. The van der Waals surface area contributed by atoms with E-state index in [1.807, 2.05) is 4.98 Å². The zero-order valence-corrected chi connectivity index (χ0v) is 18.1. The van der Waals surface area contributed by atoms with Gasteiger partial charge in [-0.05, 0) is 31.2 Å². The fraction of sp³-hybridized carbons (Fsp3) is 0.250. The SMILES string of the molecule is C[C@@]1(F)[C@H](OC(=O)c2ccccc2)C(COC(=O)c2ccccc2)O[C@H]1n1ccc(=O)[nH]c1=O. The van der Waals surface area contributed by atoms with Gasteiger partial charge in [0.25, 0.3) is 5.56 Å². The van der Waals surface area contributed by atoms with Crippen LogP contribution in [-0.2, 0) is 14.2 Å². The first kappa shape index (κ1) is 23.1. The molecule has 4 atom stereocenters. The molecule has 10 heteroatoms. The Morgan fingerprint density at radius 1 is 1.00 bits per heavy atom. The van der Waals surface area contributed by atoms with Crippen LogP contribution in [-0.4, -0.2) is 46.0 Å². The molecule has 0 spiro atoms. The highest BCUT2D eigenvalue weighted by atomic mass is 19.1. The highest BCUT2D eigenvalue weighted by Crippen LogP contribution is 2.42. The smallest absolute Gasteiger partial charge is 0.338 e. The third kappa shape index (κ3) is 4.67. The summed E-state index contributed by atoms with van der Waals surface area (Å²) in [5, 5.41) is 0. The third-order valence-corrected chi connectivity index (χ3v) is 5.42. The molecule has 0 radical (unpaired) electrons. The van der Waals surface area contributed by atoms with Gasteiger partial charge in [0.1, 0.15) is 12.7 Å².